The Labute approximate surface area is 183 Å². The van der Waals surface area contributed by atoms with Gasteiger partial charge in [0.15, 0.2) is 4.91 Å². The first-order valence-electron chi connectivity index (χ1n) is 8.74. The molecule has 0 saturated carbocycles. The van der Waals surface area contributed by atoms with Crippen molar-refractivity contribution in [2.24, 2.45) is 0 Å². The van der Waals surface area contributed by atoms with Crippen LogP contribution in [0.15, 0.2) is 93.7 Å². The van der Waals surface area contributed by atoms with Crippen LogP contribution in [0.2, 0.25) is 5.02 Å². The van der Waals surface area contributed by atoms with Crippen molar-refractivity contribution in [3.8, 4) is 6.07 Å². The normalized spacial score (nSPS) is 12.0. The SMILES string of the molecule is N#C/C(=C(\Nc1cccc(Cl)c1)SCc1ccc(F)cc1)S(=O)(=O)c1ccccc1. The Morgan fingerprint density at radius 2 is 1.73 bits per heavy atom. The van der Waals surface area contributed by atoms with E-state index in [9.17, 15) is 18.1 Å². The lowest BCUT2D eigenvalue weighted by atomic mass is 10.2. The van der Waals surface area contributed by atoms with Crippen molar-refractivity contribution in [2.75, 3.05) is 5.32 Å². The van der Waals surface area contributed by atoms with E-state index in [0.29, 0.717) is 16.5 Å². The van der Waals surface area contributed by atoms with Crippen LogP contribution in [0.5, 0.6) is 0 Å². The second kappa shape index (κ2) is 9.81. The minimum atomic E-state index is -4.05. The number of nitrogens with one attached hydrogen (secondary N) is 1. The van der Waals surface area contributed by atoms with Crippen LogP contribution in [0.3, 0.4) is 0 Å². The summed E-state index contributed by atoms with van der Waals surface area (Å²) < 4.78 is 39.4. The molecule has 0 radical (unpaired) electrons. The van der Waals surface area contributed by atoms with Crippen molar-refractivity contribution in [2.45, 2.75) is 10.6 Å². The monoisotopic (exact) mass is 458 g/mol. The van der Waals surface area contributed by atoms with Gasteiger partial charge >= 0.3 is 0 Å². The third-order valence-electron chi connectivity index (χ3n) is 4.01. The number of rotatable bonds is 7. The zero-order valence-corrected chi connectivity index (χ0v) is 17.9. The molecule has 0 aliphatic rings. The molecule has 0 aromatic heterocycles. The van der Waals surface area contributed by atoms with Gasteiger partial charge in [-0.2, -0.15) is 5.26 Å². The lowest BCUT2D eigenvalue weighted by Gasteiger charge is -2.14. The Morgan fingerprint density at radius 3 is 2.37 bits per heavy atom. The molecular formula is C22H16ClFN2O2S2. The molecule has 0 aliphatic heterocycles. The number of allylic oxidation sites excluding steroid dienone is 1. The molecule has 3 aromatic rings. The van der Waals surface area contributed by atoms with Crippen molar-refractivity contribution in [1.29, 1.82) is 5.26 Å². The minimum absolute atomic E-state index is 0.0225. The van der Waals surface area contributed by atoms with Crippen LogP contribution in [-0.4, -0.2) is 8.42 Å². The Hall–Kier alpha value is -2.79. The maximum atomic E-state index is 13.2. The first-order valence-corrected chi connectivity index (χ1v) is 11.6. The zero-order chi connectivity index (χ0) is 21.6. The largest absolute Gasteiger partial charge is 0.348 e. The average molecular weight is 459 g/mol. The summed E-state index contributed by atoms with van der Waals surface area (Å²) in [5.41, 5.74) is 1.32. The summed E-state index contributed by atoms with van der Waals surface area (Å²) >= 11 is 7.17. The number of thioether (sulfide) groups is 1. The van der Waals surface area contributed by atoms with Crippen LogP contribution < -0.4 is 5.32 Å². The van der Waals surface area contributed by atoms with Crippen molar-refractivity contribution in [3.05, 3.63) is 105 Å². The fourth-order valence-corrected chi connectivity index (χ4v) is 5.28. The molecule has 0 atom stereocenters. The standard InChI is InChI=1S/C22H16ClFN2O2S2/c23-17-5-4-6-19(13-17)26-22(29-15-16-9-11-18(24)12-10-16)21(14-25)30(27,28)20-7-2-1-3-8-20/h1-13,26H,15H2/b22-21-. The van der Waals surface area contributed by atoms with E-state index in [-0.39, 0.29) is 15.7 Å². The molecule has 0 amide bonds. The Morgan fingerprint density at radius 1 is 1.03 bits per heavy atom. The molecule has 3 rings (SSSR count). The minimum Gasteiger partial charge on any atom is -0.348 e. The highest BCUT2D eigenvalue weighted by Crippen LogP contribution is 2.31. The van der Waals surface area contributed by atoms with Gasteiger partial charge in [0.2, 0.25) is 9.84 Å². The van der Waals surface area contributed by atoms with Gasteiger partial charge < -0.3 is 5.32 Å². The second-order valence-electron chi connectivity index (χ2n) is 6.14. The summed E-state index contributed by atoms with van der Waals surface area (Å²) in [5, 5.41) is 13.4. The van der Waals surface area contributed by atoms with Gasteiger partial charge in [-0.15, -0.1) is 11.8 Å². The molecule has 152 valence electrons. The summed E-state index contributed by atoms with van der Waals surface area (Å²) in [5.74, 6) is -0.0282. The predicted octanol–water partition coefficient (Wildman–Crippen LogP) is 5.99. The molecule has 0 aliphatic carbocycles. The summed E-state index contributed by atoms with van der Waals surface area (Å²) in [6.07, 6.45) is 0. The second-order valence-corrected chi connectivity index (χ2v) is 9.45. The first-order chi connectivity index (χ1) is 14.4. The van der Waals surface area contributed by atoms with Gasteiger partial charge in [-0.05, 0) is 48.0 Å². The van der Waals surface area contributed by atoms with Gasteiger partial charge in [0.1, 0.15) is 16.9 Å². The molecule has 0 heterocycles. The van der Waals surface area contributed by atoms with Gasteiger partial charge in [-0.25, -0.2) is 12.8 Å². The fraction of sp³-hybridized carbons (Fsp3) is 0.0455. The maximum Gasteiger partial charge on any atom is 0.219 e. The number of nitriles is 1. The lowest BCUT2D eigenvalue weighted by molar-refractivity contribution is 0.603. The van der Waals surface area contributed by atoms with Crippen molar-refractivity contribution in [1.82, 2.24) is 0 Å². The van der Waals surface area contributed by atoms with E-state index < -0.39 is 14.7 Å². The number of anilines is 1. The molecule has 1 N–H and O–H groups in total. The van der Waals surface area contributed by atoms with Crippen LogP contribution in [0.4, 0.5) is 10.1 Å². The third kappa shape index (κ3) is 5.42. The zero-order valence-electron chi connectivity index (χ0n) is 15.5. The number of halogens is 2. The van der Waals surface area contributed by atoms with Gasteiger partial charge in [0.25, 0.3) is 0 Å². The third-order valence-corrected chi connectivity index (χ3v) is 7.17. The highest BCUT2D eigenvalue weighted by atomic mass is 35.5. The molecule has 0 saturated heterocycles. The Kier molecular flexibility index (Phi) is 7.16. The quantitative estimate of drug-likeness (QED) is 0.440. The number of hydrogen-bond acceptors (Lipinski definition) is 5. The Bertz CT molecular complexity index is 1210. The number of sulfone groups is 1. The van der Waals surface area contributed by atoms with Crippen molar-refractivity contribution < 1.29 is 12.8 Å². The van der Waals surface area contributed by atoms with Crippen LogP contribution >= 0.6 is 23.4 Å². The molecular weight excluding hydrogens is 443 g/mol. The fourth-order valence-electron chi connectivity index (χ4n) is 2.54. The van der Waals surface area contributed by atoms with E-state index in [2.05, 4.69) is 5.32 Å². The molecule has 0 bridgehead atoms. The molecule has 0 spiro atoms. The van der Waals surface area contributed by atoms with E-state index in [1.807, 2.05) is 6.07 Å². The number of hydrogen-bond donors (Lipinski definition) is 1. The van der Waals surface area contributed by atoms with Crippen molar-refractivity contribution in [3.63, 3.8) is 0 Å². The van der Waals surface area contributed by atoms with Crippen molar-refractivity contribution >= 4 is 38.9 Å². The number of nitrogens with zero attached hydrogens (tertiary/aromatic N) is 1. The lowest BCUT2D eigenvalue weighted by Crippen LogP contribution is -2.10. The van der Waals surface area contributed by atoms with E-state index in [1.54, 1.807) is 54.6 Å². The molecule has 3 aromatic carbocycles. The number of benzene rings is 3. The molecule has 4 nitrogen and oxygen atoms in total. The predicted molar refractivity (Wildman–Crippen MR) is 119 cm³/mol. The van der Waals surface area contributed by atoms with Crippen LogP contribution in [-0.2, 0) is 15.6 Å². The summed E-state index contributed by atoms with van der Waals surface area (Å²) in [4.78, 5) is -0.380. The van der Waals surface area contributed by atoms with Gasteiger partial charge in [-0.3, -0.25) is 0 Å². The average Bonchev–Trinajstić information content (AvgIpc) is 2.74. The topological polar surface area (TPSA) is 70.0 Å². The van der Waals surface area contributed by atoms with Crippen LogP contribution in [0, 0.1) is 17.1 Å². The van der Waals surface area contributed by atoms with Gasteiger partial charge in [0.05, 0.1) is 4.90 Å². The summed E-state index contributed by atoms with van der Waals surface area (Å²) in [6.45, 7) is 0. The van der Waals surface area contributed by atoms with Gasteiger partial charge in [0, 0.05) is 16.5 Å². The highest BCUT2D eigenvalue weighted by Gasteiger charge is 2.25. The highest BCUT2D eigenvalue weighted by molar-refractivity contribution is 8.04. The maximum absolute atomic E-state index is 13.2. The molecule has 30 heavy (non-hydrogen) atoms. The summed E-state index contributed by atoms with van der Waals surface area (Å²) in [7, 11) is -4.05. The van der Waals surface area contributed by atoms with E-state index in [0.717, 1.165) is 17.3 Å². The smallest absolute Gasteiger partial charge is 0.219 e. The van der Waals surface area contributed by atoms with E-state index in [1.165, 1.54) is 24.3 Å². The first kappa shape index (κ1) is 21.9. The summed E-state index contributed by atoms with van der Waals surface area (Å²) in [6, 6.07) is 22.2. The van der Waals surface area contributed by atoms with Crippen LogP contribution in [0.25, 0.3) is 0 Å². The molecule has 8 heteroatoms. The van der Waals surface area contributed by atoms with Gasteiger partial charge in [-0.1, -0.05) is 48.0 Å². The van der Waals surface area contributed by atoms with E-state index in [4.69, 9.17) is 11.6 Å². The molecule has 0 unspecified atom stereocenters. The van der Waals surface area contributed by atoms with Crippen LogP contribution in [0.1, 0.15) is 5.56 Å². The Balaban J connectivity index is 2.03. The van der Waals surface area contributed by atoms with E-state index >= 15 is 0 Å². The molecule has 0 fully saturated rings.